The predicted molar refractivity (Wildman–Crippen MR) is 50.6 cm³/mol. The van der Waals surface area contributed by atoms with Gasteiger partial charge in [-0.1, -0.05) is 0 Å². The van der Waals surface area contributed by atoms with Gasteiger partial charge in [-0.2, -0.15) is 9.29 Å². The van der Waals surface area contributed by atoms with Crippen molar-refractivity contribution in [2.75, 3.05) is 5.73 Å². The number of H-pyrrole nitrogens is 1. The molecule has 0 saturated carbocycles. The van der Waals surface area contributed by atoms with Crippen molar-refractivity contribution in [3.8, 4) is 6.01 Å². The van der Waals surface area contributed by atoms with Gasteiger partial charge in [-0.25, -0.2) is 13.9 Å². The number of anilines is 1. The maximum atomic E-state index is 11.0. The Morgan fingerprint density at radius 2 is 1.82 bits per heavy atom. The molecule has 0 aromatic carbocycles. The Balaban J connectivity index is 2.94. The first-order valence-corrected chi connectivity index (χ1v) is 6.63. The molecule has 17 heavy (non-hydrogen) atoms. The molecule has 6 N–H and O–H groups in total. The van der Waals surface area contributed by atoms with Crippen LogP contribution < -0.4 is 15.9 Å². The molecule has 0 amide bonds. The van der Waals surface area contributed by atoms with Crippen LogP contribution in [-0.4, -0.2) is 29.6 Å². The van der Waals surface area contributed by atoms with Crippen molar-refractivity contribution in [2.45, 2.75) is 0 Å². The van der Waals surface area contributed by atoms with E-state index in [0.29, 0.717) is 0 Å². The molecular weight excluding hydrogens is 282 g/mol. The van der Waals surface area contributed by atoms with Crippen LogP contribution in [0.4, 0.5) is 5.95 Å². The monoisotopic (exact) mass is 288 g/mol. The minimum atomic E-state index is -5.26. The second kappa shape index (κ2) is 4.53. The molecule has 0 saturated heterocycles. The van der Waals surface area contributed by atoms with Crippen molar-refractivity contribution in [3.05, 3.63) is 10.5 Å². The van der Waals surface area contributed by atoms with Gasteiger partial charge in [-0.15, -0.1) is 4.98 Å². The first-order valence-electron chi connectivity index (χ1n) is 3.60. The highest BCUT2D eigenvalue weighted by Gasteiger charge is 2.34. The lowest BCUT2D eigenvalue weighted by Gasteiger charge is -2.11. The van der Waals surface area contributed by atoms with Gasteiger partial charge >= 0.3 is 27.3 Å². The van der Waals surface area contributed by atoms with Gasteiger partial charge in [0.1, 0.15) is 0 Å². The molecule has 1 aromatic heterocycles. The van der Waals surface area contributed by atoms with Crippen molar-refractivity contribution in [2.24, 2.45) is 0 Å². The SMILES string of the molecule is Nc1nc(OP(=O)(O)OP(=O)(O)O)nc(=O)[nH]1. The van der Waals surface area contributed by atoms with Crippen LogP contribution in [0.3, 0.4) is 0 Å². The Kier molecular flexibility index (Phi) is 3.67. The van der Waals surface area contributed by atoms with Crippen LogP contribution in [0.1, 0.15) is 0 Å². The van der Waals surface area contributed by atoms with Crippen LogP contribution >= 0.6 is 15.6 Å². The van der Waals surface area contributed by atoms with E-state index in [2.05, 4.69) is 18.8 Å². The van der Waals surface area contributed by atoms with Gasteiger partial charge in [-0.05, 0) is 0 Å². The number of aromatic nitrogens is 3. The molecular formula is C3H6N4O8P2. The number of phosphoric acid groups is 2. The number of hydrogen-bond donors (Lipinski definition) is 5. The van der Waals surface area contributed by atoms with Crippen molar-refractivity contribution in [1.82, 2.24) is 15.0 Å². The Morgan fingerprint density at radius 3 is 2.29 bits per heavy atom. The second-order valence-electron chi connectivity index (χ2n) is 2.45. The minimum absolute atomic E-state index is 0.476. The molecule has 0 aliphatic heterocycles. The summed E-state index contributed by atoms with van der Waals surface area (Å²) in [5.74, 6) is -0.476. The fourth-order valence-electron chi connectivity index (χ4n) is 0.675. The molecule has 1 rings (SSSR count). The van der Waals surface area contributed by atoms with Gasteiger partial charge in [0, 0.05) is 0 Å². The molecule has 0 aliphatic rings. The van der Waals surface area contributed by atoms with E-state index in [-0.39, 0.29) is 0 Å². The normalized spacial score (nSPS) is 15.2. The van der Waals surface area contributed by atoms with E-state index in [9.17, 15) is 13.9 Å². The molecule has 1 atom stereocenters. The molecule has 96 valence electrons. The highest BCUT2D eigenvalue weighted by molar-refractivity contribution is 7.60. The third-order valence-corrected chi connectivity index (χ3v) is 3.13. The summed E-state index contributed by atoms with van der Waals surface area (Å²) in [7, 11) is -10.4. The third-order valence-electron chi connectivity index (χ3n) is 1.05. The van der Waals surface area contributed by atoms with E-state index in [4.69, 9.17) is 20.4 Å². The smallest absolute Gasteiger partial charge is 0.369 e. The molecule has 0 fully saturated rings. The summed E-state index contributed by atoms with van der Waals surface area (Å²) < 4.78 is 28.8. The molecule has 0 aliphatic carbocycles. The second-order valence-corrected chi connectivity index (χ2v) is 5.21. The predicted octanol–water partition coefficient (Wildman–Crippen LogP) is -1.66. The lowest BCUT2D eigenvalue weighted by molar-refractivity contribution is 0.226. The van der Waals surface area contributed by atoms with Crippen LogP contribution in [-0.2, 0) is 13.4 Å². The van der Waals surface area contributed by atoms with Gasteiger partial charge in [0.15, 0.2) is 0 Å². The number of nitrogens with one attached hydrogen (secondary N) is 1. The molecule has 1 unspecified atom stereocenters. The maximum Gasteiger partial charge on any atom is 0.538 e. The first kappa shape index (κ1) is 13.8. The summed E-state index contributed by atoms with van der Waals surface area (Å²) in [5, 5.41) is 0. The summed E-state index contributed by atoms with van der Waals surface area (Å²) in [5.41, 5.74) is 4.01. The van der Waals surface area contributed by atoms with Gasteiger partial charge < -0.3 is 20.0 Å². The molecule has 1 aromatic rings. The maximum absolute atomic E-state index is 11.0. The van der Waals surface area contributed by atoms with Crippen molar-refractivity contribution in [1.29, 1.82) is 0 Å². The van der Waals surface area contributed by atoms with Crippen molar-refractivity contribution >= 4 is 21.6 Å². The molecule has 0 bridgehead atoms. The Labute approximate surface area is 92.3 Å². The molecule has 0 spiro atoms. The van der Waals surface area contributed by atoms with Crippen LogP contribution in [0.15, 0.2) is 4.79 Å². The number of phosphoric ester groups is 1. The molecule has 1 heterocycles. The van der Waals surface area contributed by atoms with E-state index >= 15 is 0 Å². The van der Waals surface area contributed by atoms with Gasteiger partial charge in [0.2, 0.25) is 5.95 Å². The van der Waals surface area contributed by atoms with E-state index in [1.165, 1.54) is 0 Å². The average Bonchev–Trinajstić information content (AvgIpc) is 1.93. The lowest BCUT2D eigenvalue weighted by atomic mass is 10.9. The van der Waals surface area contributed by atoms with Gasteiger partial charge in [-0.3, -0.25) is 9.88 Å². The van der Waals surface area contributed by atoms with E-state index < -0.39 is 33.3 Å². The van der Waals surface area contributed by atoms with Crippen molar-refractivity contribution in [3.63, 3.8) is 0 Å². The Hall–Kier alpha value is -1.29. The number of aromatic amines is 1. The number of nitrogens with zero attached hydrogens (tertiary/aromatic N) is 2. The largest absolute Gasteiger partial charge is 0.538 e. The standard InChI is InChI=1S/C3H6N4O8P2/c4-1-5-2(8)7-3(6-1)14-17(12,13)15-16(9,10)11/h(H,12,13)(H2,9,10,11)(H3,4,5,6,7,8). The van der Waals surface area contributed by atoms with Gasteiger partial charge in [0.05, 0.1) is 0 Å². The van der Waals surface area contributed by atoms with Gasteiger partial charge in [0.25, 0.3) is 0 Å². The zero-order valence-corrected chi connectivity index (χ0v) is 9.54. The van der Waals surface area contributed by atoms with Crippen LogP contribution in [0.5, 0.6) is 6.01 Å². The number of nitrogens with two attached hydrogens (primary N) is 1. The van der Waals surface area contributed by atoms with Crippen LogP contribution in [0.2, 0.25) is 0 Å². The molecule has 0 radical (unpaired) electrons. The van der Waals surface area contributed by atoms with E-state index in [1.807, 2.05) is 4.98 Å². The molecule has 14 heteroatoms. The summed E-state index contributed by atoms with van der Waals surface area (Å²) in [6.45, 7) is 0. The van der Waals surface area contributed by atoms with Crippen LogP contribution in [0, 0.1) is 0 Å². The zero-order valence-electron chi connectivity index (χ0n) is 7.75. The van der Waals surface area contributed by atoms with E-state index in [1.54, 1.807) is 0 Å². The summed E-state index contributed by atoms with van der Waals surface area (Å²) in [6, 6.07) is -0.967. The quantitative estimate of drug-likeness (QED) is 0.397. The fraction of sp³-hybridized carbons (Fsp3) is 0. The summed E-state index contributed by atoms with van der Waals surface area (Å²) >= 11 is 0. The summed E-state index contributed by atoms with van der Waals surface area (Å²) in [4.78, 5) is 44.2. The Bertz CT molecular complexity index is 562. The highest BCUT2D eigenvalue weighted by Crippen LogP contribution is 2.56. The number of hydrogen-bond acceptors (Lipinski definition) is 8. The topological polar surface area (TPSA) is 198 Å². The number of nitrogen functional groups attached to an aromatic ring is 1. The zero-order chi connectivity index (χ0) is 13.3. The Morgan fingerprint density at radius 1 is 1.24 bits per heavy atom. The lowest BCUT2D eigenvalue weighted by Crippen LogP contribution is -2.15. The van der Waals surface area contributed by atoms with Crippen molar-refractivity contribution < 1.29 is 32.6 Å². The van der Waals surface area contributed by atoms with Crippen LogP contribution in [0.25, 0.3) is 0 Å². The third kappa shape index (κ3) is 5.04. The molecule has 12 nitrogen and oxygen atoms in total. The average molecular weight is 288 g/mol. The summed E-state index contributed by atoms with van der Waals surface area (Å²) in [6.07, 6.45) is 0. The highest BCUT2D eigenvalue weighted by atomic mass is 31.3. The fourth-order valence-corrected chi connectivity index (χ4v) is 2.17. The first-order chi connectivity index (χ1) is 7.57. The minimum Gasteiger partial charge on any atom is -0.369 e. The number of rotatable bonds is 4. The van der Waals surface area contributed by atoms with E-state index in [0.717, 1.165) is 0 Å².